The van der Waals surface area contributed by atoms with Crippen LogP contribution in [-0.2, 0) is 11.3 Å². The van der Waals surface area contributed by atoms with Crippen LogP contribution in [0.1, 0.15) is 25.3 Å². The maximum Gasteiger partial charge on any atom is 0.220 e. The average Bonchev–Trinajstić information content (AvgIpc) is 3.17. The van der Waals surface area contributed by atoms with E-state index in [0.717, 1.165) is 30.2 Å². The highest BCUT2D eigenvalue weighted by Crippen LogP contribution is 2.10. The summed E-state index contributed by atoms with van der Waals surface area (Å²) in [6.07, 6.45) is 5.07. The van der Waals surface area contributed by atoms with Crippen molar-refractivity contribution in [2.45, 2.75) is 32.4 Å². The Hall–Kier alpha value is -2.83. The van der Waals surface area contributed by atoms with Crippen LogP contribution in [0.4, 0.5) is 0 Å². The molecular weight excluding hydrogens is 316 g/mol. The predicted octanol–water partition coefficient (Wildman–Crippen LogP) is 1.21. The molecule has 1 fully saturated rings. The zero-order chi connectivity index (χ0) is 17.5. The molecule has 1 atom stereocenters. The van der Waals surface area contributed by atoms with Crippen molar-refractivity contribution < 1.29 is 4.79 Å². The van der Waals surface area contributed by atoms with E-state index in [-0.39, 0.29) is 11.9 Å². The average molecular weight is 340 g/mol. The molecule has 2 heterocycles. The first-order valence-electron chi connectivity index (χ1n) is 8.65. The number of rotatable bonds is 5. The lowest BCUT2D eigenvalue weighted by atomic mass is 10.1. The number of hydrogen-bond donors (Lipinski definition) is 3. The Balaban J connectivity index is 1.65. The molecule has 0 bridgehead atoms. The van der Waals surface area contributed by atoms with Crippen LogP contribution in [0, 0.1) is 0 Å². The van der Waals surface area contributed by atoms with Crippen LogP contribution in [0.25, 0.3) is 5.69 Å². The predicted molar refractivity (Wildman–Crippen MR) is 97.5 cm³/mol. The number of nitrogens with one attached hydrogen (secondary N) is 3. The molecule has 0 spiro atoms. The monoisotopic (exact) mass is 340 g/mol. The summed E-state index contributed by atoms with van der Waals surface area (Å²) in [5.74, 6) is 0.892. The summed E-state index contributed by atoms with van der Waals surface area (Å²) >= 11 is 0. The van der Waals surface area contributed by atoms with Crippen LogP contribution < -0.4 is 16.0 Å². The molecule has 2 aromatic rings. The van der Waals surface area contributed by atoms with Gasteiger partial charge in [-0.05, 0) is 37.1 Å². The molecule has 1 saturated heterocycles. The molecule has 0 aliphatic carbocycles. The largest absolute Gasteiger partial charge is 0.357 e. The Morgan fingerprint density at radius 2 is 2.36 bits per heavy atom. The van der Waals surface area contributed by atoms with Gasteiger partial charge in [-0.25, -0.2) is 9.67 Å². The van der Waals surface area contributed by atoms with Gasteiger partial charge in [-0.1, -0.05) is 12.1 Å². The lowest BCUT2D eigenvalue weighted by molar-refractivity contribution is -0.122. The van der Waals surface area contributed by atoms with Crippen molar-refractivity contribution in [3.05, 3.63) is 48.3 Å². The lowest BCUT2D eigenvalue weighted by Crippen LogP contribution is -2.51. The third-order valence-corrected chi connectivity index (χ3v) is 4.05. The topological polar surface area (TPSA) is 83.3 Å². The fraction of sp³-hybridized carbons (Fsp3) is 0.389. The molecule has 7 nitrogen and oxygen atoms in total. The first-order chi connectivity index (χ1) is 12.2. The SMILES string of the molecule is CCNC(=NCc1cccc(-n2cccn2)c1)NC1CCC(=O)NC1. The Labute approximate surface area is 147 Å². The summed E-state index contributed by atoms with van der Waals surface area (Å²) in [6.45, 7) is 4.04. The number of piperidine rings is 1. The van der Waals surface area contributed by atoms with Gasteiger partial charge in [-0.2, -0.15) is 5.10 Å². The molecule has 3 N–H and O–H groups in total. The minimum atomic E-state index is 0.121. The second kappa shape index (κ2) is 8.32. The van der Waals surface area contributed by atoms with Gasteiger partial charge in [-0.15, -0.1) is 0 Å². The van der Waals surface area contributed by atoms with E-state index in [1.807, 2.05) is 36.0 Å². The van der Waals surface area contributed by atoms with E-state index >= 15 is 0 Å². The van der Waals surface area contributed by atoms with Crippen molar-refractivity contribution in [2.75, 3.05) is 13.1 Å². The van der Waals surface area contributed by atoms with Crippen LogP contribution in [0.5, 0.6) is 0 Å². The molecule has 0 saturated carbocycles. The van der Waals surface area contributed by atoms with Crippen LogP contribution in [-0.4, -0.2) is 40.8 Å². The van der Waals surface area contributed by atoms with E-state index in [1.165, 1.54) is 0 Å². The highest BCUT2D eigenvalue weighted by atomic mass is 16.1. The van der Waals surface area contributed by atoms with Crippen molar-refractivity contribution >= 4 is 11.9 Å². The second-order valence-electron chi connectivity index (χ2n) is 6.00. The zero-order valence-electron chi connectivity index (χ0n) is 14.4. The molecule has 7 heteroatoms. The molecule has 1 unspecified atom stereocenters. The molecule has 1 amide bonds. The number of amides is 1. The summed E-state index contributed by atoms with van der Waals surface area (Å²) in [4.78, 5) is 15.9. The van der Waals surface area contributed by atoms with Crippen LogP contribution in [0.2, 0.25) is 0 Å². The van der Waals surface area contributed by atoms with Gasteiger partial charge in [0.25, 0.3) is 0 Å². The molecule has 0 radical (unpaired) electrons. The van der Waals surface area contributed by atoms with Crippen molar-refractivity contribution in [3.63, 3.8) is 0 Å². The van der Waals surface area contributed by atoms with E-state index < -0.39 is 0 Å². The molecule has 1 aliphatic heterocycles. The van der Waals surface area contributed by atoms with Crippen molar-refractivity contribution in [1.29, 1.82) is 0 Å². The first-order valence-corrected chi connectivity index (χ1v) is 8.65. The summed E-state index contributed by atoms with van der Waals surface area (Å²) in [5, 5.41) is 13.8. The van der Waals surface area contributed by atoms with Crippen molar-refractivity contribution in [3.8, 4) is 5.69 Å². The third-order valence-electron chi connectivity index (χ3n) is 4.05. The van der Waals surface area contributed by atoms with Gasteiger partial charge in [-0.3, -0.25) is 4.79 Å². The molecular formula is C18H24N6O. The number of aliphatic imine (C=N–C) groups is 1. The van der Waals surface area contributed by atoms with Gasteiger partial charge in [0.15, 0.2) is 5.96 Å². The smallest absolute Gasteiger partial charge is 0.220 e. The van der Waals surface area contributed by atoms with Gasteiger partial charge in [0.2, 0.25) is 5.91 Å². The Kier molecular flexibility index (Phi) is 5.66. The van der Waals surface area contributed by atoms with Crippen LogP contribution >= 0.6 is 0 Å². The highest BCUT2D eigenvalue weighted by Gasteiger charge is 2.18. The van der Waals surface area contributed by atoms with Gasteiger partial charge in [0.1, 0.15) is 0 Å². The molecule has 3 rings (SSSR count). The van der Waals surface area contributed by atoms with Crippen molar-refractivity contribution in [2.24, 2.45) is 4.99 Å². The Morgan fingerprint density at radius 1 is 1.44 bits per heavy atom. The normalized spacial score (nSPS) is 17.9. The fourth-order valence-electron chi connectivity index (χ4n) is 2.76. The number of carbonyl (C=O) groups is 1. The second-order valence-corrected chi connectivity index (χ2v) is 6.00. The van der Waals surface area contributed by atoms with E-state index in [4.69, 9.17) is 0 Å². The van der Waals surface area contributed by atoms with Crippen LogP contribution in [0.3, 0.4) is 0 Å². The number of carbonyl (C=O) groups excluding carboxylic acids is 1. The zero-order valence-corrected chi connectivity index (χ0v) is 14.4. The Morgan fingerprint density at radius 3 is 3.08 bits per heavy atom. The molecule has 1 aromatic heterocycles. The number of hydrogen-bond acceptors (Lipinski definition) is 3. The molecule has 132 valence electrons. The van der Waals surface area contributed by atoms with Crippen LogP contribution in [0.15, 0.2) is 47.7 Å². The third kappa shape index (κ3) is 4.82. The summed E-state index contributed by atoms with van der Waals surface area (Å²) in [5.41, 5.74) is 2.13. The quantitative estimate of drug-likeness (QED) is 0.564. The Bertz CT molecular complexity index is 715. The van der Waals surface area contributed by atoms with E-state index in [9.17, 15) is 4.79 Å². The van der Waals surface area contributed by atoms with Gasteiger partial charge in [0.05, 0.1) is 12.2 Å². The summed E-state index contributed by atoms with van der Waals surface area (Å²) < 4.78 is 1.83. The summed E-state index contributed by atoms with van der Waals surface area (Å²) in [6, 6.07) is 10.3. The van der Waals surface area contributed by atoms with Gasteiger partial charge < -0.3 is 16.0 Å². The number of benzene rings is 1. The minimum Gasteiger partial charge on any atom is -0.357 e. The minimum absolute atomic E-state index is 0.121. The standard InChI is InChI=1S/C18H24N6O/c1-2-19-18(23-15-7-8-17(25)20-13-15)21-12-14-5-3-6-16(11-14)24-10-4-9-22-24/h3-6,9-11,15H,2,7-8,12-13H2,1H3,(H,20,25)(H2,19,21,23). The van der Waals surface area contributed by atoms with Gasteiger partial charge >= 0.3 is 0 Å². The molecule has 25 heavy (non-hydrogen) atoms. The number of guanidine groups is 1. The van der Waals surface area contributed by atoms with E-state index in [0.29, 0.717) is 19.5 Å². The maximum absolute atomic E-state index is 11.3. The fourth-order valence-corrected chi connectivity index (χ4v) is 2.76. The maximum atomic E-state index is 11.3. The molecule has 1 aliphatic rings. The highest BCUT2D eigenvalue weighted by molar-refractivity contribution is 5.81. The number of nitrogens with zero attached hydrogens (tertiary/aromatic N) is 3. The summed E-state index contributed by atoms with van der Waals surface area (Å²) in [7, 11) is 0. The number of aromatic nitrogens is 2. The van der Waals surface area contributed by atoms with Gasteiger partial charge in [0, 0.05) is 37.9 Å². The molecule has 1 aromatic carbocycles. The first kappa shape index (κ1) is 17.0. The van der Waals surface area contributed by atoms with Crippen molar-refractivity contribution in [1.82, 2.24) is 25.7 Å². The van der Waals surface area contributed by atoms with E-state index in [1.54, 1.807) is 6.20 Å². The van der Waals surface area contributed by atoms with E-state index in [2.05, 4.69) is 38.2 Å². The lowest BCUT2D eigenvalue weighted by Gasteiger charge is -2.25.